The van der Waals surface area contributed by atoms with E-state index in [4.69, 9.17) is 4.74 Å². The van der Waals surface area contributed by atoms with Gasteiger partial charge in [0.1, 0.15) is 0 Å². The van der Waals surface area contributed by atoms with Crippen LogP contribution in [-0.2, 0) is 4.79 Å². The van der Waals surface area contributed by atoms with Crippen molar-refractivity contribution >= 4 is 23.4 Å². The number of carbonyl (C=O) groups excluding carboxylic acids is 1. The van der Waals surface area contributed by atoms with Gasteiger partial charge in [-0.1, -0.05) is 43.3 Å². The van der Waals surface area contributed by atoms with Crippen molar-refractivity contribution in [2.75, 3.05) is 10.7 Å². The molecule has 1 aromatic carbocycles. The number of pyridine rings is 1. The number of anilines is 1. The number of aryl methyl sites for hydroxylation is 2. The number of benzene rings is 1. The maximum Gasteiger partial charge on any atom is 0.247 e. The molecule has 0 N–H and O–H groups in total. The largest absolute Gasteiger partial charge is 0.447 e. The first kappa shape index (κ1) is 21.2. The molecule has 160 valence electrons. The molecule has 1 aliphatic rings. The minimum absolute atomic E-state index is 0.141. The average Bonchev–Trinajstić information content (AvgIpc) is 2.87. The van der Waals surface area contributed by atoms with Crippen molar-refractivity contribution in [3.05, 3.63) is 53.3 Å². The molecule has 1 amide bonds. The van der Waals surface area contributed by atoms with Crippen LogP contribution in [0.1, 0.15) is 43.7 Å². The molecule has 3 aromatic rings. The lowest BCUT2D eigenvalue weighted by atomic mass is 10.00. The Balaban J connectivity index is 1.94. The number of fused-ring (bicyclic) bond motifs is 3. The number of ether oxygens (including phenoxy) is 1. The highest BCUT2D eigenvalue weighted by atomic mass is 32.2. The minimum Gasteiger partial charge on any atom is -0.447 e. The Morgan fingerprint density at radius 3 is 2.74 bits per heavy atom. The molecule has 31 heavy (non-hydrogen) atoms. The van der Waals surface area contributed by atoms with Crippen molar-refractivity contribution in [3.8, 4) is 17.1 Å². The molecule has 2 aromatic heterocycles. The van der Waals surface area contributed by atoms with Gasteiger partial charge in [0.05, 0.1) is 5.69 Å². The molecule has 0 radical (unpaired) electrons. The molecule has 1 unspecified atom stereocenters. The monoisotopic (exact) mass is 435 g/mol. The number of amides is 1. The SMILES string of the molecule is CC(=O)N1c2c(C)cc(C)cc2-c2nnc(SCC(C)C)nc2OC1c1cccnc1. The van der Waals surface area contributed by atoms with Gasteiger partial charge in [-0.15, -0.1) is 10.2 Å². The van der Waals surface area contributed by atoms with Crippen LogP contribution in [0.4, 0.5) is 5.69 Å². The number of carbonyl (C=O) groups is 1. The lowest BCUT2D eigenvalue weighted by Crippen LogP contribution is -2.36. The normalized spacial score (nSPS) is 15.2. The summed E-state index contributed by atoms with van der Waals surface area (Å²) in [6.45, 7) is 9.83. The van der Waals surface area contributed by atoms with Crippen LogP contribution in [-0.4, -0.2) is 31.8 Å². The highest BCUT2D eigenvalue weighted by molar-refractivity contribution is 7.99. The first-order chi connectivity index (χ1) is 14.8. The van der Waals surface area contributed by atoms with E-state index in [9.17, 15) is 4.79 Å². The smallest absolute Gasteiger partial charge is 0.247 e. The van der Waals surface area contributed by atoms with E-state index in [1.54, 1.807) is 29.1 Å². The van der Waals surface area contributed by atoms with E-state index in [1.165, 1.54) is 6.92 Å². The van der Waals surface area contributed by atoms with E-state index in [0.29, 0.717) is 22.6 Å². The van der Waals surface area contributed by atoms with Crippen LogP contribution in [0.5, 0.6) is 5.88 Å². The standard InChI is InChI=1S/C23H25N5O2S/c1-13(2)12-31-23-25-21-19(26-27-23)18-10-14(3)9-15(4)20(18)28(16(5)29)22(30-21)17-7-6-8-24-11-17/h6-11,13,22H,12H2,1-5H3. The second-order valence-corrected chi connectivity index (χ2v) is 9.06. The summed E-state index contributed by atoms with van der Waals surface area (Å²) in [6, 6.07) is 7.77. The summed E-state index contributed by atoms with van der Waals surface area (Å²) in [7, 11) is 0. The third-order valence-corrected chi connectivity index (χ3v) is 6.15. The fraction of sp³-hybridized carbons (Fsp3) is 0.348. The van der Waals surface area contributed by atoms with Gasteiger partial charge in [-0.3, -0.25) is 14.7 Å². The summed E-state index contributed by atoms with van der Waals surface area (Å²) in [4.78, 5) is 23.5. The van der Waals surface area contributed by atoms with Gasteiger partial charge in [0.2, 0.25) is 23.2 Å². The predicted molar refractivity (Wildman–Crippen MR) is 121 cm³/mol. The van der Waals surface area contributed by atoms with Gasteiger partial charge < -0.3 is 4.74 Å². The van der Waals surface area contributed by atoms with Crippen molar-refractivity contribution < 1.29 is 9.53 Å². The van der Waals surface area contributed by atoms with E-state index < -0.39 is 6.23 Å². The lowest BCUT2D eigenvalue weighted by Gasteiger charge is -2.30. The maximum absolute atomic E-state index is 12.9. The van der Waals surface area contributed by atoms with Gasteiger partial charge >= 0.3 is 0 Å². The summed E-state index contributed by atoms with van der Waals surface area (Å²) >= 11 is 1.54. The zero-order valence-electron chi connectivity index (χ0n) is 18.3. The van der Waals surface area contributed by atoms with E-state index >= 15 is 0 Å². The number of hydrogen-bond acceptors (Lipinski definition) is 7. The molecular weight excluding hydrogens is 410 g/mol. The predicted octanol–water partition coefficient (Wildman–Crippen LogP) is 4.74. The van der Waals surface area contributed by atoms with Gasteiger partial charge in [0.15, 0.2) is 5.69 Å². The van der Waals surface area contributed by atoms with E-state index in [1.807, 2.05) is 38.1 Å². The first-order valence-electron chi connectivity index (χ1n) is 10.2. The number of hydrogen-bond donors (Lipinski definition) is 0. The van der Waals surface area contributed by atoms with Crippen LogP contribution in [0.25, 0.3) is 11.3 Å². The Kier molecular flexibility index (Phi) is 5.91. The summed E-state index contributed by atoms with van der Waals surface area (Å²) in [5.74, 6) is 1.60. The molecule has 1 atom stereocenters. The molecule has 0 spiro atoms. The number of aromatic nitrogens is 4. The Labute approximate surface area is 186 Å². The molecule has 0 bridgehead atoms. The molecule has 7 nitrogen and oxygen atoms in total. The van der Waals surface area contributed by atoms with Crippen molar-refractivity contribution in [3.63, 3.8) is 0 Å². The van der Waals surface area contributed by atoms with Crippen LogP contribution in [0.2, 0.25) is 0 Å². The molecule has 0 fully saturated rings. The van der Waals surface area contributed by atoms with Crippen LogP contribution in [0, 0.1) is 19.8 Å². The summed E-state index contributed by atoms with van der Waals surface area (Å²) in [6.07, 6.45) is 2.68. The topological polar surface area (TPSA) is 81.1 Å². The molecule has 0 saturated carbocycles. The van der Waals surface area contributed by atoms with Crippen molar-refractivity contribution in [1.29, 1.82) is 0 Å². The third kappa shape index (κ3) is 4.25. The second-order valence-electron chi connectivity index (χ2n) is 8.08. The molecule has 4 rings (SSSR count). The number of rotatable bonds is 4. The molecule has 0 saturated heterocycles. The number of thioether (sulfide) groups is 1. The average molecular weight is 436 g/mol. The van der Waals surface area contributed by atoms with Crippen LogP contribution in [0.3, 0.4) is 0 Å². The molecule has 8 heteroatoms. The van der Waals surface area contributed by atoms with Crippen LogP contribution >= 0.6 is 11.8 Å². The van der Waals surface area contributed by atoms with Gasteiger partial charge in [-0.2, -0.15) is 4.98 Å². The molecule has 1 aliphatic heterocycles. The van der Waals surface area contributed by atoms with E-state index in [0.717, 1.165) is 33.7 Å². The quantitative estimate of drug-likeness (QED) is 0.547. The van der Waals surface area contributed by atoms with E-state index in [2.05, 4.69) is 34.0 Å². The Morgan fingerprint density at radius 1 is 1.26 bits per heavy atom. The fourth-order valence-corrected chi connectivity index (χ4v) is 4.38. The van der Waals surface area contributed by atoms with Crippen molar-refractivity contribution in [2.24, 2.45) is 5.92 Å². The van der Waals surface area contributed by atoms with Gasteiger partial charge in [0.25, 0.3) is 0 Å². The number of nitrogens with zero attached hydrogens (tertiary/aromatic N) is 5. The molecular formula is C23H25N5O2S. The Hall–Kier alpha value is -3.00. The van der Waals surface area contributed by atoms with Crippen molar-refractivity contribution in [1.82, 2.24) is 20.2 Å². The Morgan fingerprint density at radius 2 is 2.06 bits per heavy atom. The maximum atomic E-state index is 12.9. The highest BCUT2D eigenvalue weighted by Gasteiger charge is 2.36. The summed E-state index contributed by atoms with van der Waals surface area (Å²) in [5.41, 5.74) is 4.85. The first-order valence-corrected chi connectivity index (χ1v) is 11.2. The van der Waals surface area contributed by atoms with Gasteiger partial charge in [0, 0.05) is 36.2 Å². The third-order valence-electron chi connectivity index (χ3n) is 4.89. The minimum atomic E-state index is -0.716. The molecule has 3 heterocycles. The summed E-state index contributed by atoms with van der Waals surface area (Å²) in [5, 5.41) is 9.38. The van der Waals surface area contributed by atoms with Crippen molar-refractivity contribution in [2.45, 2.75) is 46.0 Å². The summed E-state index contributed by atoms with van der Waals surface area (Å²) < 4.78 is 6.38. The lowest BCUT2D eigenvalue weighted by molar-refractivity contribution is -0.118. The fourth-order valence-electron chi connectivity index (χ4n) is 3.65. The van der Waals surface area contributed by atoms with Crippen LogP contribution in [0.15, 0.2) is 41.8 Å². The van der Waals surface area contributed by atoms with Gasteiger partial charge in [-0.05, 0) is 37.5 Å². The highest BCUT2D eigenvalue weighted by Crippen LogP contribution is 2.45. The van der Waals surface area contributed by atoms with Gasteiger partial charge in [-0.25, -0.2) is 0 Å². The molecule has 0 aliphatic carbocycles. The van der Waals surface area contributed by atoms with Crippen LogP contribution < -0.4 is 9.64 Å². The zero-order chi connectivity index (χ0) is 22.1. The second kappa shape index (κ2) is 8.63. The van der Waals surface area contributed by atoms with E-state index in [-0.39, 0.29) is 5.91 Å². The zero-order valence-corrected chi connectivity index (χ0v) is 19.1. The Bertz CT molecular complexity index is 1120.